The number of urea groups is 1. The number of para-hydroxylation sites is 2. The number of amides is 4. The van der Waals surface area contributed by atoms with Crippen LogP contribution in [0.2, 0.25) is 0 Å². The molecule has 2 aromatic rings. The first-order chi connectivity index (χ1) is 12.0. The maximum Gasteiger partial charge on any atom is 0.336 e. The minimum Gasteiger partial charge on any atom is -0.492 e. The van der Waals surface area contributed by atoms with Crippen molar-refractivity contribution in [3.8, 4) is 5.75 Å². The van der Waals surface area contributed by atoms with Gasteiger partial charge < -0.3 is 9.30 Å². The molecule has 0 aliphatic carbocycles. The Hall–Kier alpha value is -3.35. The van der Waals surface area contributed by atoms with Gasteiger partial charge in [0.05, 0.1) is 12.3 Å². The number of imide groups is 2. The minimum absolute atomic E-state index is 0.118. The summed E-state index contributed by atoms with van der Waals surface area (Å²) >= 11 is 0. The number of anilines is 1. The van der Waals surface area contributed by atoms with E-state index >= 15 is 0 Å². The van der Waals surface area contributed by atoms with Crippen molar-refractivity contribution in [2.24, 2.45) is 7.05 Å². The normalized spacial score (nSPS) is 16.3. The molecule has 128 valence electrons. The zero-order valence-corrected chi connectivity index (χ0v) is 13.9. The van der Waals surface area contributed by atoms with Gasteiger partial charge in [0, 0.05) is 18.9 Å². The Bertz CT molecular complexity index is 882. The number of hydrogen-bond acceptors (Lipinski definition) is 4. The van der Waals surface area contributed by atoms with Gasteiger partial charge in [-0.15, -0.1) is 0 Å². The summed E-state index contributed by atoms with van der Waals surface area (Å²) in [6, 6.07) is 9.45. The average Bonchev–Trinajstić information content (AvgIpc) is 2.98. The Morgan fingerprint density at radius 2 is 1.88 bits per heavy atom. The molecule has 0 atom stereocenters. The largest absolute Gasteiger partial charge is 0.492 e. The third kappa shape index (κ3) is 3.03. The monoisotopic (exact) mass is 339 g/mol. The van der Waals surface area contributed by atoms with E-state index in [1.165, 1.54) is 6.08 Å². The lowest BCUT2D eigenvalue weighted by Gasteiger charge is -2.27. The predicted octanol–water partition coefficient (Wildman–Crippen LogP) is 2.09. The van der Waals surface area contributed by atoms with E-state index in [9.17, 15) is 14.4 Å². The molecule has 0 saturated carbocycles. The molecule has 25 heavy (non-hydrogen) atoms. The molecule has 0 radical (unpaired) electrons. The van der Waals surface area contributed by atoms with Gasteiger partial charge in [-0.1, -0.05) is 12.1 Å². The van der Waals surface area contributed by atoms with Crippen molar-refractivity contribution < 1.29 is 19.1 Å². The second-order valence-corrected chi connectivity index (χ2v) is 5.40. The maximum absolute atomic E-state index is 12.9. The Morgan fingerprint density at radius 3 is 2.56 bits per heavy atom. The summed E-state index contributed by atoms with van der Waals surface area (Å²) in [5.41, 5.74) is 0.843. The van der Waals surface area contributed by atoms with Gasteiger partial charge in [0.15, 0.2) is 0 Å². The first-order valence-electron chi connectivity index (χ1n) is 7.77. The molecule has 1 aliphatic rings. The Kier molecular flexibility index (Phi) is 4.38. The standard InChI is InChI=1S/C18H17N3O4/c1-3-25-15-9-5-4-8-14(15)21-17(23)13(16(22)19-18(21)24)11-12-7-6-10-20(12)2/h4-11H,3H2,1-2H3,(H,19,22,24). The van der Waals surface area contributed by atoms with E-state index in [2.05, 4.69) is 5.32 Å². The number of ether oxygens (including phenoxy) is 1. The smallest absolute Gasteiger partial charge is 0.336 e. The van der Waals surface area contributed by atoms with Crippen LogP contribution < -0.4 is 15.0 Å². The summed E-state index contributed by atoms with van der Waals surface area (Å²) < 4.78 is 7.26. The fourth-order valence-electron chi connectivity index (χ4n) is 2.57. The van der Waals surface area contributed by atoms with Crippen molar-refractivity contribution in [2.75, 3.05) is 11.5 Å². The van der Waals surface area contributed by atoms with E-state index in [1.54, 1.807) is 61.1 Å². The molecule has 7 heteroatoms. The first kappa shape index (κ1) is 16.5. The van der Waals surface area contributed by atoms with Gasteiger partial charge in [-0.3, -0.25) is 14.9 Å². The fraction of sp³-hybridized carbons (Fsp3) is 0.167. The Morgan fingerprint density at radius 1 is 1.12 bits per heavy atom. The van der Waals surface area contributed by atoms with Gasteiger partial charge in [-0.05, 0) is 37.3 Å². The lowest BCUT2D eigenvalue weighted by Crippen LogP contribution is -2.54. The number of nitrogens with zero attached hydrogens (tertiary/aromatic N) is 2. The van der Waals surface area contributed by atoms with Gasteiger partial charge >= 0.3 is 6.03 Å². The van der Waals surface area contributed by atoms with Crippen LogP contribution in [-0.2, 0) is 16.6 Å². The quantitative estimate of drug-likeness (QED) is 0.683. The number of rotatable bonds is 4. The van der Waals surface area contributed by atoms with Gasteiger partial charge in [-0.25, -0.2) is 9.69 Å². The maximum atomic E-state index is 12.9. The summed E-state index contributed by atoms with van der Waals surface area (Å²) in [7, 11) is 1.80. The van der Waals surface area contributed by atoms with Crippen LogP contribution in [0.3, 0.4) is 0 Å². The zero-order valence-electron chi connectivity index (χ0n) is 13.9. The van der Waals surface area contributed by atoms with E-state index < -0.39 is 17.8 Å². The lowest BCUT2D eigenvalue weighted by molar-refractivity contribution is -0.122. The summed E-state index contributed by atoms with van der Waals surface area (Å²) in [6.07, 6.45) is 3.26. The molecule has 1 aliphatic heterocycles. The number of benzene rings is 1. The highest BCUT2D eigenvalue weighted by Crippen LogP contribution is 2.31. The summed E-state index contributed by atoms with van der Waals surface area (Å²) in [6.45, 7) is 2.19. The van der Waals surface area contributed by atoms with E-state index in [4.69, 9.17) is 4.74 Å². The minimum atomic E-state index is -0.800. The number of nitrogens with one attached hydrogen (secondary N) is 1. The third-order valence-corrected chi connectivity index (χ3v) is 3.78. The molecule has 2 heterocycles. The van der Waals surface area contributed by atoms with Crippen molar-refractivity contribution in [3.05, 3.63) is 53.9 Å². The van der Waals surface area contributed by atoms with Crippen LogP contribution in [0.1, 0.15) is 12.6 Å². The average molecular weight is 339 g/mol. The second kappa shape index (κ2) is 6.64. The third-order valence-electron chi connectivity index (χ3n) is 3.78. The number of aromatic nitrogens is 1. The molecule has 0 bridgehead atoms. The van der Waals surface area contributed by atoms with Crippen molar-refractivity contribution in [1.82, 2.24) is 9.88 Å². The van der Waals surface area contributed by atoms with Gasteiger partial charge in [-0.2, -0.15) is 0 Å². The topological polar surface area (TPSA) is 80.6 Å². The number of carbonyl (C=O) groups is 3. The SMILES string of the molecule is CCOc1ccccc1N1C(=O)NC(=O)C(=Cc2cccn2C)C1=O. The number of hydrogen-bond donors (Lipinski definition) is 1. The van der Waals surface area contributed by atoms with Crippen LogP contribution in [0, 0.1) is 0 Å². The van der Waals surface area contributed by atoms with Crippen molar-refractivity contribution in [1.29, 1.82) is 0 Å². The molecule has 1 aromatic carbocycles. The molecule has 1 fully saturated rings. The van der Waals surface area contributed by atoms with Crippen LogP contribution in [-0.4, -0.2) is 29.0 Å². The van der Waals surface area contributed by atoms with Crippen molar-refractivity contribution >= 4 is 29.6 Å². The summed E-state index contributed by atoms with van der Waals surface area (Å²) in [5.74, 6) is -1.02. The molecule has 1 N–H and O–H groups in total. The van der Waals surface area contributed by atoms with Crippen molar-refractivity contribution in [2.45, 2.75) is 6.92 Å². The Labute approximate surface area is 144 Å². The van der Waals surface area contributed by atoms with Crippen LogP contribution >= 0.6 is 0 Å². The highest BCUT2D eigenvalue weighted by Gasteiger charge is 2.38. The highest BCUT2D eigenvalue weighted by molar-refractivity contribution is 6.39. The second-order valence-electron chi connectivity index (χ2n) is 5.40. The molecular weight excluding hydrogens is 322 g/mol. The number of aryl methyl sites for hydroxylation is 1. The summed E-state index contributed by atoms with van der Waals surface area (Å²) in [4.78, 5) is 38.2. The highest BCUT2D eigenvalue weighted by atomic mass is 16.5. The van der Waals surface area contributed by atoms with Crippen LogP contribution in [0.15, 0.2) is 48.2 Å². The van der Waals surface area contributed by atoms with Gasteiger partial charge in [0.25, 0.3) is 11.8 Å². The lowest BCUT2D eigenvalue weighted by atomic mass is 10.1. The van der Waals surface area contributed by atoms with E-state index in [0.29, 0.717) is 18.1 Å². The van der Waals surface area contributed by atoms with E-state index in [0.717, 1.165) is 4.90 Å². The molecule has 3 rings (SSSR count). The van der Waals surface area contributed by atoms with Gasteiger partial charge in [0.1, 0.15) is 11.3 Å². The molecule has 7 nitrogen and oxygen atoms in total. The molecule has 0 spiro atoms. The molecular formula is C18H17N3O4. The zero-order chi connectivity index (χ0) is 18.0. The molecule has 1 aromatic heterocycles. The first-order valence-corrected chi connectivity index (χ1v) is 7.77. The van der Waals surface area contributed by atoms with Crippen LogP contribution in [0.25, 0.3) is 6.08 Å². The number of carbonyl (C=O) groups excluding carboxylic acids is 3. The number of barbiturate groups is 1. The molecule has 1 saturated heterocycles. The summed E-state index contributed by atoms with van der Waals surface area (Å²) in [5, 5.41) is 2.20. The van der Waals surface area contributed by atoms with Crippen LogP contribution in [0.5, 0.6) is 5.75 Å². The fourth-order valence-corrected chi connectivity index (χ4v) is 2.57. The van der Waals surface area contributed by atoms with Crippen LogP contribution in [0.4, 0.5) is 10.5 Å². The molecule has 4 amide bonds. The predicted molar refractivity (Wildman–Crippen MR) is 92.0 cm³/mol. The molecule has 0 unspecified atom stereocenters. The Balaban J connectivity index is 2.05. The van der Waals surface area contributed by atoms with E-state index in [1.807, 2.05) is 0 Å². The van der Waals surface area contributed by atoms with Crippen molar-refractivity contribution in [3.63, 3.8) is 0 Å². The van der Waals surface area contributed by atoms with E-state index in [-0.39, 0.29) is 11.3 Å². The van der Waals surface area contributed by atoms with Gasteiger partial charge in [0.2, 0.25) is 0 Å².